The molecule has 96 valence electrons. The molecule has 0 amide bonds. The average molecular weight is 236 g/mol. The van der Waals surface area contributed by atoms with E-state index in [1.54, 1.807) is 21.3 Å². The Morgan fingerprint density at radius 2 is 1.50 bits per heavy atom. The molecule has 0 radical (unpaired) electrons. The van der Waals surface area contributed by atoms with Gasteiger partial charge in [-0.2, -0.15) is 0 Å². The van der Waals surface area contributed by atoms with Crippen molar-refractivity contribution in [1.82, 2.24) is 0 Å². The van der Waals surface area contributed by atoms with Crippen LogP contribution in [0.3, 0.4) is 0 Å². The molecule has 1 N–H and O–H groups in total. The summed E-state index contributed by atoms with van der Waals surface area (Å²) in [6.07, 6.45) is -2.71. The Kier molecular flexibility index (Phi) is 5.60. The topological polar surface area (TPSA) is 66.4 Å². The molecular weight excluding hydrogens is 216 g/mol. The molecule has 1 aliphatic heterocycles. The van der Waals surface area contributed by atoms with E-state index in [9.17, 15) is 5.11 Å². The third-order valence-electron chi connectivity index (χ3n) is 2.76. The summed E-state index contributed by atoms with van der Waals surface area (Å²) in [7, 11) is 6.16. The third kappa shape index (κ3) is 2.71. The zero-order valence-corrected chi connectivity index (χ0v) is 10.1. The molecule has 6 heteroatoms. The number of rotatable bonds is 5. The molecule has 0 saturated carbocycles. The summed E-state index contributed by atoms with van der Waals surface area (Å²) in [5.74, 6) is 0. The number of methoxy groups -OCH3 is 4. The minimum absolute atomic E-state index is 0.325. The molecule has 16 heavy (non-hydrogen) atoms. The number of hydrogen-bond acceptors (Lipinski definition) is 6. The summed E-state index contributed by atoms with van der Waals surface area (Å²) in [5, 5.41) is 9.74. The van der Waals surface area contributed by atoms with Crippen molar-refractivity contribution < 1.29 is 28.8 Å². The first-order chi connectivity index (χ1) is 7.69. The molecule has 1 unspecified atom stereocenters. The number of ether oxygens (including phenoxy) is 5. The maximum Gasteiger partial charge on any atom is 0.184 e. The lowest BCUT2D eigenvalue weighted by Gasteiger charge is -2.42. The summed E-state index contributed by atoms with van der Waals surface area (Å²) in [6, 6.07) is 0. The van der Waals surface area contributed by atoms with Crippen LogP contribution < -0.4 is 0 Å². The van der Waals surface area contributed by atoms with E-state index >= 15 is 0 Å². The first-order valence-electron chi connectivity index (χ1n) is 5.10. The highest BCUT2D eigenvalue weighted by Crippen LogP contribution is 2.25. The molecule has 1 saturated heterocycles. The van der Waals surface area contributed by atoms with E-state index in [4.69, 9.17) is 23.7 Å². The average Bonchev–Trinajstić information content (AvgIpc) is 2.28. The second-order valence-electron chi connectivity index (χ2n) is 3.62. The normalized spacial score (nSPS) is 39.9. The fraction of sp³-hybridized carbons (Fsp3) is 1.00. The SMILES string of the molecule is COC[C@@H]1OC(O)[C@@H](OC)[C@H](OC)[C@H]1OC. The molecule has 0 aromatic carbocycles. The molecular formula is C10H20O6. The van der Waals surface area contributed by atoms with Gasteiger partial charge in [0.05, 0.1) is 6.61 Å². The van der Waals surface area contributed by atoms with E-state index in [-0.39, 0.29) is 18.3 Å². The molecule has 1 fully saturated rings. The van der Waals surface area contributed by atoms with Gasteiger partial charge < -0.3 is 28.8 Å². The molecule has 0 bridgehead atoms. The van der Waals surface area contributed by atoms with Gasteiger partial charge in [-0.15, -0.1) is 0 Å². The first-order valence-corrected chi connectivity index (χ1v) is 5.10. The van der Waals surface area contributed by atoms with Gasteiger partial charge in [0, 0.05) is 28.4 Å². The van der Waals surface area contributed by atoms with Crippen LogP contribution in [0.25, 0.3) is 0 Å². The van der Waals surface area contributed by atoms with Crippen LogP contribution in [0.5, 0.6) is 0 Å². The first kappa shape index (κ1) is 13.8. The lowest BCUT2D eigenvalue weighted by Crippen LogP contribution is -2.60. The molecule has 0 spiro atoms. The van der Waals surface area contributed by atoms with Crippen molar-refractivity contribution in [3.05, 3.63) is 0 Å². The molecule has 0 aromatic rings. The Labute approximate surface area is 95.4 Å². The molecule has 0 aliphatic carbocycles. The lowest BCUT2D eigenvalue weighted by atomic mass is 9.98. The highest BCUT2D eigenvalue weighted by Gasteiger charge is 2.46. The van der Waals surface area contributed by atoms with Gasteiger partial charge in [-0.3, -0.25) is 0 Å². The van der Waals surface area contributed by atoms with Gasteiger partial charge in [0.1, 0.15) is 24.4 Å². The van der Waals surface area contributed by atoms with Crippen molar-refractivity contribution in [3.63, 3.8) is 0 Å². The number of aliphatic hydroxyl groups is 1. The van der Waals surface area contributed by atoms with Crippen molar-refractivity contribution in [2.24, 2.45) is 0 Å². The third-order valence-corrected chi connectivity index (χ3v) is 2.76. The summed E-state index contributed by atoms with van der Waals surface area (Å²) < 4.78 is 26.1. The van der Waals surface area contributed by atoms with Crippen molar-refractivity contribution in [3.8, 4) is 0 Å². The predicted molar refractivity (Wildman–Crippen MR) is 55.1 cm³/mol. The number of aliphatic hydroxyl groups excluding tert-OH is 1. The Bertz CT molecular complexity index is 200. The quantitative estimate of drug-likeness (QED) is 0.687. The van der Waals surface area contributed by atoms with E-state index in [1.807, 2.05) is 0 Å². The van der Waals surface area contributed by atoms with Crippen molar-refractivity contribution >= 4 is 0 Å². The minimum Gasteiger partial charge on any atom is -0.382 e. The fourth-order valence-electron chi connectivity index (χ4n) is 2.00. The molecule has 1 heterocycles. The highest BCUT2D eigenvalue weighted by molar-refractivity contribution is 4.91. The highest BCUT2D eigenvalue weighted by atomic mass is 16.7. The van der Waals surface area contributed by atoms with E-state index in [0.29, 0.717) is 6.61 Å². The summed E-state index contributed by atoms with van der Waals surface area (Å²) in [4.78, 5) is 0. The van der Waals surface area contributed by atoms with E-state index in [2.05, 4.69) is 0 Å². The van der Waals surface area contributed by atoms with Crippen LogP contribution in [0, 0.1) is 0 Å². The Morgan fingerprint density at radius 1 is 0.938 bits per heavy atom. The van der Waals surface area contributed by atoms with Crippen LogP contribution in [-0.4, -0.2) is 70.9 Å². The second-order valence-corrected chi connectivity index (χ2v) is 3.62. The second kappa shape index (κ2) is 6.48. The Hall–Kier alpha value is -0.240. The zero-order valence-electron chi connectivity index (χ0n) is 10.1. The van der Waals surface area contributed by atoms with Gasteiger partial charge in [0.2, 0.25) is 0 Å². The Balaban J connectivity index is 2.78. The molecule has 1 aliphatic rings. The van der Waals surface area contributed by atoms with E-state index < -0.39 is 12.4 Å². The fourth-order valence-corrected chi connectivity index (χ4v) is 2.00. The number of hydrogen-bond donors (Lipinski definition) is 1. The van der Waals surface area contributed by atoms with E-state index in [0.717, 1.165) is 0 Å². The van der Waals surface area contributed by atoms with Crippen LogP contribution in [0.1, 0.15) is 0 Å². The maximum atomic E-state index is 9.74. The van der Waals surface area contributed by atoms with Gasteiger partial charge in [-0.1, -0.05) is 0 Å². The minimum atomic E-state index is -1.04. The van der Waals surface area contributed by atoms with Crippen LogP contribution in [-0.2, 0) is 23.7 Å². The maximum absolute atomic E-state index is 9.74. The molecule has 0 aromatic heterocycles. The van der Waals surface area contributed by atoms with Gasteiger partial charge in [-0.05, 0) is 0 Å². The van der Waals surface area contributed by atoms with Gasteiger partial charge >= 0.3 is 0 Å². The Morgan fingerprint density at radius 3 is 1.94 bits per heavy atom. The van der Waals surface area contributed by atoms with Crippen LogP contribution >= 0.6 is 0 Å². The van der Waals surface area contributed by atoms with Crippen LogP contribution in [0.4, 0.5) is 0 Å². The monoisotopic (exact) mass is 236 g/mol. The largest absolute Gasteiger partial charge is 0.382 e. The smallest absolute Gasteiger partial charge is 0.184 e. The lowest BCUT2D eigenvalue weighted by molar-refractivity contribution is -0.300. The zero-order chi connectivity index (χ0) is 12.1. The molecule has 5 atom stereocenters. The van der Waals surface area contributed by atoms with Gasteiger partial charge in [0.25, 0.3) is 0 Å². The van der Waals surface area contributed by atoms with Crippen LogP contribution in [0.2, 0.25) is 0 Å². The standard InChI is InChI=1S/C10H20O6/c1-12-5-6-7(13-2)8(14-3)9(15-4)10(11)16-6/h6-11H,5H2,1-4H3/t6-,7-,8+,9-,10?/m0/s1. The van der Waals surface area contributed by atoms with Crippen molar-refractivity contribution in [2.45, 2.75) is 30.7 Å². The summed E-state index contributed by atoms with van der Waals surface area (Å²) in [5.41, 5.74) is 0. The van der Waals surface area contributed by atoms with E-state index in [1.165, 1.54) is 7.11 Å². The van der Waals surface area contributed by atoms with Crippen LogP contribution in [0.15, 0.2) is 0 Å². The predicted octanol–water partition coefficient (Wildman–Crippen LogP) is -0.605. The summed E-state index contributed by atoms with van der Waals surface area (Å²) >= 11 is 0. The summed E-state index contributed by atoms with van der Waals surface area (Å²) in [6.45, 7) is 0.325. The molecule has 6 nitrogen and oxygen atoms in total. The van der Waals surface area contributed by atoms with Crippen molar-refractivity contribution in [2.75, 3.05) is 35.0 Å². The molecule has 1 rings (SSSR count). The van der Waals surface area contributed by atoms with Gasteiger partial charge in [0.15, 0.2) is 6.29 Å². The van der Waals surface area contributed by atoms with Gasteiger partial charge in [-0.25, -0.2) is 0 Å². The van der Waals surface area contributed by atoms with Crippen molar-refractivity contribution in [1.29, 1.82) is 0 Å².